The van der Waals surface area contributed by atoms with Crippen molar-refractivity contribution in [3.63, 3.8) is 0 Å². The third kappa shape index (κ3) is 3.90. The Bertz CT molecular complexity index is 644. The zero-order valence-electron chi connectivity index (χ0n) is 13.8. The minimum absolute atomic E-state index is 0.0517. The molecule has 1 aromatic carbocycles. The Morgan fingerprint density at radius 1 is 1.30 bits per heavy atom. The zero-order valence-corrected chi connectivity index (χ0v) is 13.8. The summed E-state index contributed by atoms with van der Waals surface area (Å²) in [4.78, 5) is 14.2. The highest BCUT2D eigenvalue weighted by Crippen LogP contribution is 2.17. The molecule has 0 aliphatic carbocycles. The average molecular weight is 317 g/mol. The summed E-state index contributed by atoms with van der Waals surface area (Å²) >= 11 is 0. The Kier molecular flexibility index (Phi) is 5.76. The molecule has 0 bridgehead atoms. The van der Waals surface area contributed by atoms with Crippen molar-refractivity contribution in [3.05, 3.63) is 41.7 Å². The lowest BCUT2D eigenvalue weighted by atomic mass is 10.3. The van der Waals surface area contributed by atoms with E-state index in [2.05, 4.69) is 5.10 Å². The number of aliphatic hydroxyl groups is 1. The molecule has 124 valence electrons. The maximum atomic E-state index is 12.5. The van der Waals surface area contributed by atoms with E-state index < -0.39 is 0 Å². The van der Waals surface area contributed by atoms with Gasteiger partial charge < -0.3 is 14.7 Å². The number of methoxy groups -OCH3 is 1. The predicted octanol–water partition coefficient (Wildman–Crippen LogP) is 2.03. The first-order chi connectivity index (χ1) is 11.1. The van der Waals surface area contributed by atoms with E-state index in [9.17, 15) is 4.79 Å². The summed E-state index contributed by atoms with van der Waals surface area (Å²) in [5.41, 5.74) is 2.13. The minimum atomic E-state index is -0.156. The molecule has 1 amide bonds. The van der Waals surface area contributed by atoms with Gasteiger partial charge in [0.25, 0.3) is 5.91 Å². The van der Waals surface area contributed by atoms with Gasteiger partial charge in [0.2, 0.25) is 0 Å². The van der Waals surface area contributed by atoms with Crippen molar-refractivity contribution in [1.29, 1.82) is 0 Å². The number of ether oxygens (including phenoxy) is 1. The minimum Gasteiger partial charge on any atom is -0.497 e. The van der Waals surface area contributed by atoms with Crippen LogP contribution in [0.15, 0.2) is 30.3 Å². The van der Waals surface area contributed by atoms with Crippen LogP contribution in [0.3, 0.4) is 0 Å². The lowest BCUT2D eigenvalue weighted by Crippen LogP contribution is -2.34. The SMILES string of the molecule is CCCN(CCO)C(=O)c1cc(C)n(-c2ccc(OC)cc2)n1. The number of amides is 1. The Labute approximate surface area is 136 Å². The molecule has 0 atom stereocenters. The lowest BCUT2D eigenvalue weighted by Gasteiger charge is -2.19. The van der Waals surface area contributed by atoms with Crippen LogP contribution in [0.5, 0.6) is 5.75 Å². The van der Waals surface area contributed by atoms with Gasteiger partial charge in [-0.2, -0.15) is 5.10 Å². The highest BCUT2D eigenvalue weighted by atomic mass is 16.5. The number of carbonyl (C=O) groups is 1. The number of hydrogen-bond donors (Lipinski definition) is 1. The third-order valence-electron chi connectivity index (χ3n) is 3.57. The van der Waals surface area contributed by atoms with E-state index in [4.69, 9.17) is 9.84 Å². The molecule has 0 saturated carbocycles. The molecule has 1 aromatic heterocycles. The van der Waals surface area contributed by atoms with E-state index in [1.54, 1.807) is 22.8 Å². The fourth-order valence-corrected chi connectivity index (χ4v) is 2.43. The molecule has 0 saturated heterocycles. The molecule has 0 spiro atoms. The third-order valence-corrected chi connectivity index (χ3v) is 3.57. The van der Waals surface area contributed by atoms with Crippen LogP contribution >= 0.6 is 0 Å². The second-order valence-electron chi connectivity index (χ2n) is 5.30. The largest absolute Gasteiger partial charge is 0.497 e. The molecule has 1 heterocycles. The number of carbonyl (C=O) groups excluding carboxylic acids is 1. The number of hydrogen-bond acceptors (Lipinski definition) is 4. The van der Waals surface area contributed by atoms with Crippen LogP contribution in [-0.4, -0.2) is 52.5 Å². The Balaban J connectivity index is 2.27. The van der Waals surface area contributed by atoms with Crippen LogP contribution in [0.25, 0.3) is 5.69 Å². The molecule has 0 fully saturated rings. The smallest absolute Gasteiger partial charge is 0.274 e. The number of nitrogens with zero attached hydrogens (tertiary/aromatic N) is 3. The molecule has 6 nitrogen and oxygen atoms in total. The fraction of sp³-hybridized carbons (Fsp3) is 0.412. The van der Waals surface area contributed by atoms with Crippen molar-refractivity contribution in [3.8, 4) is 11.4 Å². The summed E-state index contributed by atoms with van der Waals surface area (Å²) in [5.74, 6) is 0.614. The van der Waals surface area contributed by atoms with Crippen molar-refractivity contribution >= 4 is 5.91 Å². The summed E-state index contributed by atoms with van der Waals surface area (Å²) < 4.78 is 6.88. The average Bonchev–Trinajstić information content (AvgIpc) is 2.96. The number of benzene rings is 1. The normalized spacial score (nSPS) is 10.6. The van der Waals surface area contributed by atoms with Gasteiger partial charge in [-0.15, -0.1) is 0 Å². The predicted molar refractivity (Wildman–Crippen MR) is 88.1 cm³/mol. The van der Waals surface area contributed by atoms with Gasteiger partial charge in [0.1, 0.15) is 5.75 Å². The molecule has 23 heavy (non-hydrogen) atoms. The van der Waals surface area contributed by atoms with E-state index in [1.807, 2.05) is 38.1 Å². The zero-order chi connectivity index (χ0) is 16.8. The van der Waals surface area contributed by atoms with Gasteiger partial charge >= 0.3 is 0 Å². The van der Waals surface area contributed by atoms with Gasteiger partial charge in [-0.05, 0) is 43.7 Å². The van der Waals surface area contributed by atoms with Crippen molar-refractivity contribution < 1.29 is 14.6 Å². The van der Waals surface area contributed by atoms with Gasteiger partial charge in [-0.1, -0.05) is 6.92 Å². The number of aryl methyl sites for hydroxylation is 1. The Morgan fingerprint density at radius 2 is 2.00 bits per heavy atom. The van der Waals surface area contributed by atoms with Crippen LogP contribution in [0.4, 0.5) is 0 Å². The first-order valence-corrected chi connectivity index (χ1v) is 7.72. The summed E-state index contributed by atoms with van der Waals surface area (Å²) in [5, 5.41) is 13.5. The molecule has 2 rings (SSSR count). The molecular formula is C17H23N3O3. The van der Waals surface area contributed by atoms with E-state index in [0.29, 0.717) is 18.8 Å². The summed E-state index contributed by atoms with van der Waals surface area (Å²) in [6.07, 6.45) is 0.837. The van der Waals surface area contributed by atoms with Gasteiger partial charge in [0, 0.05) is 18.8 Å². The van der Waals surface area contributed by atoms with E-state index in [-0.39, 0.29) is 12.5 Å². The summed E-state index contributed by atoms with van der Waals surface area (Å²) in [6, 6.07) is 9.27. The molecule has 6 heteroatoms. The number of aromatic nitrogens is 2. The topological polar surface area (TPSA) is 67.6 Å². The van der Waals surface area contributed by atoms with Crippen LogP contribution < -0.4 is 4.74 Å². The van der Waals surface area contributed by atoms with Gasteiger partial charge in [0.05, 0.1) is 19.4 Å². The van der Waals surface area contributed by atoms with Crippen LogP contribution in [0, 0.1) is 6.92 Å². The Hall–Kier alpha value is -2.34. The maximum absolute atomic E-state index is 12.5. The molecule has 0 radical (unpaired) electrons. The van der Waals surface area contributed by atoms with Crippen molar-refractivity contribution in [2.75, 3.05) is 26.8 Å². The van der Waals surface area contributed by atoms with Crippen LogP contribution in [0.1, 0.15) is 29.5 Å². The van der Waals surface area contributed by atoms with E-state index in [0.717, 1.165) is 23.6 Å². The molecule has 0 aliphatic rings. The highest BCUT2D eigenvalue weighted by Gasteiger charge is 2.19. The van der Waals surface area contributed by atoms with E-state index >= 15 is 0 Å². The first-order valence-electron chi connectivity index (χ1n) is 7.72. The Morgan fingerprint density at radius 3 is 2.57 bits per heavy atom. The molecule has 0 unspecified atom stereocenters. The number of rotatable bonds is 7. The van der Waals surface area contributed by atoms with E-state index in [1.165, 1.54) is 0 Å². The van der Waals surface area contributed by atoms with Crippen molar-refractivity contribution in [2.24, 2.45) is 0 Å². The standard InChI is InChI=1S/C17H23N3O3/c1-4-9-19(10-11-21)17(22)16-12-13(2)20(18-16)14-5-7-15(23-3)8-6-14/h5-8,12,21H,4,9-11H2,1-3H3. The first kappa shape index (κ1) is 17.0. The second-order valence-corrected chi connectivity index (χ2v) is 5.30. The van der Waals surface area contributed by atoms with Gasteiger partial charge in [-0.3, -0.25) is 4.79 Å². The lowest BCUT2D eigenvalue weighted by molar-refractivity contribution is 0.0715. The molecule has 1 N–H and O–H groups in total. The van der Waals surface area contributed by atoms with Crippen molar-refractivity contribution in [2.45, 2.75) is 20.3 Å². The monoisotopic (exact) mass is 317 g/mol. The quantitative estimate of drug-likeness (QED) is 0.848. The summed E-state index contributed by atoms with van der Waals surface area (Å²) in [7, 11) is 1.62. The van der Waals surface area contributed by atoms with Gasteiger partial charge in [0.15, 0.2) is 5.69 Å². The highest BCUT2D eigenvalue weighted by molar-refractivity contribution is 5.92. The molecule has 0 aliphatic heterocycles. The second kappa shape index (κ2) is 7.78. The van der Waals surface area contributed by atoms with Crippen LogP contribution in [0.2, 0.25) is 0 Å². The fourth-order valence-electron chi connectivity index (χ4n) is 2.43. The van der Waals surface area contributed by atoms with Crippen molar-refractivity contribution in [1.82, 2.24) is 14.7 Å². The van der Waals surface area contributed by atoms with Gasteiger partial charge in [-0.25, -0.2) is 4.68 Å². The molecule has 2 aromatic rings. The molecular weight excluding hydrogens is 294 g/mol. The summed E-state index contributed by atoms with van der Waals surface area (Å²) in [6.45, 7) is 4.78. The number of aliphatic hydroxyl groups excluding tert-OH is 1. The maximum Gasteiger partial charge on any atom is 0.274 e. The van der Waals surface area contributed by atoms with Crippen LogP contribution in [-0.2, 0) is 0 Å².